The van der Waals surface area contributed by atoms with Gasteiger partial charge >= 0.3 is 0 Å². The van der Waals surface area contributed by atoms with E-state index >= 15 is 0 Å². The molecule has 5 heteroatoms. The van der Waals surface area contributed by atoms with E-state index in [2.05, 4.69) is 21.5 Å². The largest absolute Gasteiger partial charge is 0.352 e. The third kappa shape index (κ3) is 4.06. The summed E-state index contributed by atoms with van der Waals surface area (Å²) in [4.78, 5) is 20.3. The summed E-state index contributed by atoms with van der Waals surface area (Å²) in [6, 6.07) is 9.11. The van der Waals surface area contributed by atoms with Crippen LogP contribution in [-0.4, -0.2) is 34.4 Å². The van der Waals surface area contributed by atoms with Gasteiger partial charge in [-0.2, -0.15) is 11.8 Å². The number of hydrogen-bond acceptors (Lipinski definition) is 4. The Kier molecular flexibility index (Phi) is 5.55. The fourth-order valence-electron chi connectivity index (χ4n) is 1.74. The molecular formula is C15H17N3OS. The predicted octanol–water partition coefficient (Wildman–Crippen LogP) is 2.63. The summed E-state index contributed by atoms with van der Waals surface area (Å²) in [7, 11) is 0. The monoisotopic (exact) mass is 287 g/mol. The minimum atomic E-state index is -0.0355. The van der Waals surface area contributed by atoms with Crippen LogP contribution in [0.4, 0.5) is 0 Å². The molecule has 0 atom stereocenters. The van der Waals surface area contributed by atoms with Crippen molar-refractivity contribution in [2.45, 2.75) is 6.42 Å². The van der Waals surface area contributed by atoms with Crippen molar-refractivity contribution >= 4 is 17.7 Å². The van der Waals surface area contributed by atoms with E-state index in [4.69, 9.17) is 0 Å². The average Bonchev–Trinajstić information content (AvgIpc) is 2.52. The van der Waals surface area contributed by atoms with Gasteiger partial charge in [0.15, 0.2) is 5.82 Å². The Morgan fingerprint density at radius 3 is 2.55 bits per heavy atom. The smallest absolute Gasteiger partial charge is 0.251 e. The molecule has 0 spiro atoms. The second-order valence-corrected chi connectivity index (χ2v) is 5.24. The van der Waals surface area contributed by atoms with Crippen LogP contribution in [0, 0.1) is 0 Å². The normalized spacial score (nSPS) is 10.2. The Morgan fingerprint density at radius 1 is 1.20 bits per heavy atom. The number of rotatable bonds is 6. The van der Waals surface area contributed by atoms with E-state index < -0.39 is 0 Å². The number of hydrogen-bond donors (Lipinski definition) is 1. The summed E-state index contributed by atoms with van der Waals surface area (Å²) >= 11 is 1.78. The minimum absolute atomic E-state index is 0.0355. The molecule has 0 saturated heterocycles. The highest BCUT2D eigenvalue weighted by Gasteiger charge is 2.06. The van der Waals surface area contributed by atoms with Crippen LogP contribution in [0.2, 0.25) is 0 Å². The van der Waals surface area contributed by atoms with E-state index in [0.717, 1.165) is 17.7 Å². The maximum absolute atomic E-state index is 11.9. The minimum Gasteiger partial charge on any atom is -0.352 e. The molecular weight excluding hydrogens is 270 g/mol. The van der Waals surface area contributed by atoms with Crippen LogP contribution >= 0.6 is 11.8 Å². The molecule has 0 aliphatic heterocycles. The summed E-state index contributed by atoms with van der Waals surface area (Å²) in [5.41, 5.74) is 1.57. The molecule has 0 aliphatic rings. The van der Waals surface area contributed by atoms with Crippen LogP contribution in [-0.2, 0) is 0 Å². The van der Waals surface area contributed by atoms with Gasteiger partial charge in [-0.3, -0.25) is 4.79 Å². The van der Waals surface area contributed by atoms with Crippen LogP contribution in [0.5, 0.6) is 0 Å². The number of carbonyl (C=O) groups excluding carboxylic acids is 1. The third-order valence-electron chi connectivity index (χ3n) is 2.78. The Morgan fingerprint density at radius 2 is 1.90 bits per heavy atom. The zero-order valence-corrected chi connectivity index (χ0v) is 12.2. The van der Waals surface area contributed by atoms with Gasteiger partial charge in [0.25, 0.3) is 5.91 Å². The lowest BCUT2D eigenvalue weighted by atomic mass is 10.1. The molecule has 4 nitrogen and oxygen atoms in total. The van der Waals surface area contributed by atoms with Crippen LogP contribution in [0.3, 0.4) is 0 Å². The molecule has 0 aliphatic carbocycles. The van der Waals surface area contributed by atoms with Crippen molar-refractivity contribution in [2.24, 2.45) is 0 Å². The zero-order chi connectivity index (χ0) is 14.2. The number of aromatic nitrogens is 2. The first-order valence-electron chi connectivity index (χ1n) is 6.46. The number of thioether (sulfide) groups is 1. The van der Waals surface area contributed by atoms with Crippen LogP contribution in [0.15, 0.2) is 42.7 Å². The molecule has 1 aromatic heterocycles. The SMILES string of the molecule is CSCCCNC(=O)c1ccc(-c2ncccn2)cc1. The Labute approximate surface area is 123 Å². The summed E-state index contributed by atoms with van der Waals surface area (Å²) in [6.45, 7) is 0.712. The average molecular weight is 287 g/mol. The molecule has 2 rings (SSSR count). The quantitative estimate of drug-likeness (QED) is 0.830. The van der Waals surface area contributed by atoms with Gasteiger partial charge in [0.05, 0.1) is 0 Å². The van der Waals surface area contributed by atoms with Crippen molar-refractivity contribution in [3.8, 4) is 11.4 Å². The molecule has 1 aromatic carbocycles. The van der Waals surface area contributed by atoms with E-state index in [1.54, 1.807) is 42.4 Å². The standard InChI is InChI=1S/C15H17N3OS/c1-20-11-3-10-18-15(19)13-6-4-12(5-7-13)14-16-8-2-9-17-14/h2,4-9H,3,10-11H2,1H3,(H,18,19). The molecule has 0 saturated carbocycles. The van der Waals surface area contributed by atoms with Crippen molar-refractivity contribution in [1.29, 1.82) is 0 Å². The summed E-state index contributed by atoms with van der Waals surface area (Å²) in [5.74, 6) is 1.69. The second kappa shape index (κ2) is 7.65. The van der Waals surface area contributed by atoms with Gasteiger partial charge in [0, 0.05) is 30.1 Å². The van der Waals surface area contributed by atoms with Crippen molar-refractivity contribution in [1.82, 2.24) is 15.3 Å². The lowest BCUT2D eigenvalue weighted by molar-refractivity contribution is 0.0954. The second-order valence-electron chi connectivity index (χ2n) is 4.25. The molecule has 104 valence electrons. The first-order chi connectivity index (χ1) is 9.81. The molecule has 1 N–H and O–H groups in total. The fourth-order valence-corrected chi connectivity index (χ4v) is 2.17. The highest BCUT2D eigenvalue weighted by atomic mass is 32.2. The van der Waals surface area contributed by atoms with Crippen LogP contribution in [0.1, 0.15) is 16.8 Å². The molecule has 0 unspecified atom stereocenters. The molecule has 0 fully saturated rings. The Bertz CT molecular complexity index is 543. The number of benzene rings is 1. The number of nitrogens with zero attached hydrogens (tertiary/aromatic N) is 2. The molecule has 0 bridgehead atoms. The molecule has 20 heavy (non-hydrogen) atoms. The number of amides is 1. The predicted molar refractivity (Wildman–Crippen MR) is 82.8 cm³/mol. The highest BCUT2D eigenvalue weighted by molar-refractivity contribution is 7.98. The molecule has 1 heterocycles. The lowest BCUT2D eigenvalue weighted by Gasteiger charge is -2.05. The zero-order valence-electron chi connectivity index (χ0n) is 11.4. The van der Waals surface area contributed by atoms with E-state index in [0.29, 0.717) is 17.9 Å². The van der Waals surface area contributed by atoms with E-state index in [1.165, 1.54) is 0 Å². The molecule has 1 amide bonds. The Hall–Kier alpha value is -1.88. The van der Waals surface area contributed by atoms with Crippen LogP contribution < -0.4 is 5.32 Å². The van der Waals surface area contributed by atoms with Crippen molar-refractivity contribution in [3.05, 3.63) is 48.3 Å². The summed E-state index contributed by atoms with van der Waals surface area (Å²) < 4.78 is 0. The van der Waals surface area contributed by atoms with E-state index in [9.17, 15) is 4.79 Å². The van der Waals surface area contributed by atoms with Gasteiger partial charge in [-0.15, -0.1) is 0 Å². The maximum Gasteiger partial charge on any atom is 0.251 e. The molecule has 0 radical (unpaired) electrons. The van der Waals surface area contributed by atoms with Gasteiger partial charge in [0.2, 0.25) is 0 Å². The lowest BCUT2D eigenvalue weighted by Crippen LogP contribution is -2.24. The van der Waals surface area contributed by atoms with Crippen LogP contribution in [0.25, 0.3) is 11.4 Å². The third-order valence-corrected chi connectivity index (χ3v) is 3.48. The fraction of sp³-hybridized carbons (Fsp3) is 0.267. The number of carbonyl (C=O) groups is 1. The Balaban J connectivity index is 1.96. The van der Waals surface area contributed by atoms with Gasteiger partial charge in [-0.1, -0.05) is 12.1 Å². The van der Waals surface area contributed by atoms with Crippen molar-refractivity contribution < 1.29 is 4.79 Å². The molecule has 2 aromatic rings. The van der Waals surface area contributed by atoms with Gasteiger partial charge in [-0.25, -0.2) is 9.97 Å². The highest BCUT2D eigenvalue weighted by Crippen LogP contribution is 2.14. The summed E-state index contributed by atoms with van der Waals surface area (Å²) in [5, 5.41) is 2.91. The van der Waals surface area contributed by atoms with Gasteiger partial charge < -0.3 is 5.32 Å². The van der Waals surface area contributed by atoms with Gasteiger partial charge in [-0.05, 0) is 36.6 Å². The maximum atomic E-state index is 11.9. The number of nitrogens with one attached hydrogen (secondary N) is 1. The first-order valence-corrected chi connectivity index (χ1v) is 7.85. The topological polar surface area (TPSA) is 54.9 Å². The van der Waals surface area contributed by atoms with E-state index in [-0.39, 0.29) is 5.91 Å². The van der Waals surface area contributed by atoms with Crippen molar-refractivity contribution in [3.63, 3.8) is 0 Å². The van der Waals surface area contributed by atoms with Crippen molar-refractivity contribution in [2.75, 3.05) is 18.6 Å². The van der Waals surface area contributed by atoms with Gasteiger partial charge in [0.1, 0.15) is 0 Å². The van der Waals surface area contributed by atoms with E-state index in [1.807, 2.05) is 12.1 Å². The summed E-state index contributed by atoms with van der Waals surface area (Å²) in [6.07, 6.45) is 6.46. The first kappa shape index (κ1) is 14.5.